The maximum Gasteiger partial charge on any atom is 0.323 e. The molecule has 2 aliphatic carbocycles. The van der Waals surface area contributed by atoms with Crippen LogP contribution >= 0.6 is 0 Å². The van der Waals surface area contributed by atoms with Gasteiger partial charge in [0.2, 0.25) is 0 Å². The fraction of sp³-hybridized carbons (Fsp3) is 0.938. The molecule has 0 aliphatic heterocycles. The summed E-state index contributed by atoms with van der Waals surface area (Å²) in [7, 11) is 0. The zero-order valence-electron chi connectivity index (χ0n) is 12.5. The summed E-state index contributed by atoms with van der Waals surface area (Å²) in [5, 5.41) is 3.55. The summed E-state index contributed by atoms with van der Waals surface area (Å²) in [5.41, 5.74) is 0. The lowest BCUT2D eigenvalue weighted by Gasteiger charge is -2.30. The Morgan fingerprint density at radius 3 is 2.16 bits per heavy atom. The van der Waals surface area contributed by atoms with E-state index in [1.54, 1.807) is 0 Å². The van der Waals surface area contributed by atoms with Gasteiger partial charge >= 0.3 is 5.97 Å². The molecule has 19 heavy (non-hydrogen) atoms. The number of carbonyl (C=O) groups is 1. The minimum Gasteiger partial charge on any atom is -0.461 e. The van der Waals surface area contributed by atoms with E-state index in [2.05, 4.69) is 19.2 Å². The zero-order chi connectivity index (χ0) is 13.7. The standard InChI is InChI=1S/C16H29NO2/c1-12(2)15(17-13-8-4-3-5-9-13)16(18)19-14-10-6-7-11-14/h12-15,17H,3-11H2,1-2H3. The van der Waals surface area contributed by atoms with Gasteiger partial charge in [-0.1, -0.05) is 33.1 Å². The highest BCUT2D eigenvalue weighted by molar-refractivity contribution is 5.76. The van der Waals surface area contributed by atoms with Crippen molar-refractivity contribution >= 4 is 5.97 Å². The summed E-state index contributed by atoms with van der Waals surface area (Å²) in [6.45, 7) is 4.22. The van der Waals surface area contributed by atoms with Gasteiger partial charge in [-0.05, 0) is 44.4 Å². The van der Waals surface area contributed by atoms with Crippen LogP contribution in [0.25, 0.3) is 0 Å². The van der Waals surface area contributed by atoms with E-state index in [0.717, 1.165) is 12.8 Å². The van der Waals surface area contributed by atoms with E-state index in [1.165, 1.54) is 44.9 Å². The molecular formula is C16H29NO2. The van der Waals surface area contributed by atoms with Crippen molar-refractivity contribution < 1.29 is 9.53 Å². The molecule has 0 radical (unpaired) electrons. The third kappa shape index (κ3) is 4.48. The van der Waals surface area contributed by atoms with E-state index in [4.69, 9.17) is 4.74 Å². The second kappa shape index (κ2) is 7.28. The van der Waals surface area contributed by atoms with Crippen molar-refractivity contribution in [1.82, 2.24) is 5.32 Å². The molecule has 0 aromatic heterocycles. The quantitative estimate of drug-likeness (QED) is 0.776. The lowest BCUT2D eigenvalue weighted by atomic mass is 9.93. The van der Waals surface area contributed by atoms with Gasteiger partial charge in [0.15, 0.2) is 0 Å². The molecule has 3 heteroatoms. The Hall–Kier alpha value is -0.570. The van der Waals surface area contributed by atoms with Gasteiger partial charge in [-0.3, -0.25) is 4.79 Å². The van der Waals surface area contributed by atoms with Gasteiger partial charge < -0.3 is 10.1 Å². The molecule has 0 heterocycles. The normalized spacial score (nSPS) is 23.7. The number of rotatable bonds is 5. The van der Waals surface area contributed by atoms with Gasteiger partial charge in [0.1, 0.15) is 12.1 Å². The number of carbonyl (C=O) groups excluding carboxylic acids is 1. The van der Waals surface area contributed by atoms with E-state index >= 15 is 0 Å². The Morgan fingerprint density at radius 2 is 1.58 bits per heavy atom. The largest absolute Gasteiger partial charge is 0.461 e. The lowest BCUT2D eigenvalue weighted by Crippen LogP contribution is -2.48. The Labute approximate surface area is 117 Å². The molecule has 0 bridgehead atoms. The molecule has 0 spiro atoms. The van der Waals surface area contributed by atoms with E-state index < -0.39 is 0 Å². The Balaban J connectivity index is 1.84. The zero-order valence-corrected chi connectivity index (χ0v) is 12.5. The van der Waals surface area contributed by atoms with Crippen LogP contribution in [0.15, 0.2) is 0 Å². The summed E-state index contributed by atoms with van der Waals surface area (Å²) in [4.78, 5) is 12.3. The van der Waals surface area contributed by atoms with Crippen LogP contribution < -0.4 is 5.32 Å². The minimum atomic E-state index is -0.122. The van der Waals surface area contributed by atoms with Crippen molar-refractivity contribution in [3.63, 3.8) is 0 Å². The van der Waals surface area contributed by atoms with Gasteiger partial charge in [0.05, 0.1) is 0 Å². The van der Waals surface area contributed by atoms with Gasteiger partial charge in [0, 0.05) is 6.04 Å². The summed E-state index contributed by atoms with van der Waals surface area (Å²) in [5.74, 6) is 0.281. The van der Waals surface area contributed by atoms with Crippen LogP contribution in [0, 0.1) is 5.92 Å². The number of ether oxygens (including phenoxy) is 1. The predicted molar refractivity (Wildman–Crippen MR) is 77.0 cm³/mol. The van der Waals surface area contributed by atoms with Crippen LogP contribution in [0.5, 0.6) is 0 Å². The van der Waals surface area contributed by atoms with Crippen LogP contribution in [-0.4, -0.2) is 24.2 Å². The highest BCUT2D eigenvalue weighted by Crippen LogP contribution is 2.23. The van der Waals surface area contributed by atoms with Gasteiger partial charge in [0.25, 0.3) is 0 Å². The lowest BCUT2D eigenvalue weighted by molar-refractivity contribution is -0.153. The molecule has 1 unspecified atom stereocenters. The fourth-order valence-corrected chi connectivity index (χ4v) is 3.30. The second-order valence-electron chi connectivity index (χ2n) is 6.57. The molecule has 0 aromatic rings. The van der Waals surface area contributed by atoms with Gasteiger partial charge in [-0.25, -0.2) is 0 Å². The Morgan fingerprint density at radius 1 is 1.00 bits per heavy atom. The topological polar surface area (TPSA) is 38.3 Å². The third-order valence-electron chi connectivity index (χ3n) is 4.53. The average molecular weight is 267 g/mol. The maximum atomic E-state index is 12.3. The summed E-state index contributed by atoms with van der Waals surface area (Å²) in [6.07, 6.45) is 11.1. The molecule has 0 aromatic carbocycles. The van der Waals surface area contributed by atoms with Crippen LogP contribution in [0.2, 0.25) is 0 Å². The molecule has 1 atom stereocenters. The van der Waals surface area contributed by atoms with Crippen molar-refractivity contribution in [2.45, 2.75) is 89.8 Å². The van der Waals surface area contributed by atoms with Crippen LogP contribution in [-0.2, 0) is 9.53 Å². The minimum absolute atomic E-state index is 0.0209. The first-order valence-corrected chi connectivity index (χ1v) is 8.13. The Kier molecular flexibility index (Phi) is 5.68. The predicted octanol–water partition coefficient (Wildman–Crippen LogP) is 3.42. The fourth-order valence-electron chi connectivity index (χ4n) is 3.30. The van der Waals surface area contributed by atoms with Crippen LogP contribution in [0.1, 0.15) is 71.6 Å². The van der Waals surface area contributed by atoms with Crippen LogP contribution in [0.4, 0.5) is 0 Å². The first kappa shape index (κ1) is 14.8. The van der Waals surface area contributed by atoms with Crippen molar-refractivity contribution in [3.8, 4) is 0 Å². The first-order chi connectivity index (χ1) is 9.16. The molecule has 2 fully saturated rings. The first-order valence-electron chi connectivity index (χ1n) is 8.13. The molecule has 2 aliphatic rings. The second-order valence-corrected chi connectivity index (χ2v) is 6.57. The highest BCUT2D eigenvalue weighted by Gasteiger charge is 2.29. The molecule has 3 nitrogen and oxygen atoms in total. The number of nitrogens with one attached hydrogen (secondary N) is 1. The maximum absolute atomic E-state index is 12.3. The number of hydrogen-bond acceptors (Lipinski definition) is 3. The van der Waals surface area contributed by atoms with E-state index in [0.29, 0.717) is 12.0 Å². The molecule has 2 rings (SSSR count). The van der Waals surface area contributed by atoms with E-state index in [9.17, 15) is 4.79 Å². The third-order valence-corrected chi connectivity index (χ3v) is 4.53. The monoisotopic (exact) mass is 267 g/mol. The van der Waals surface area contributed by atoms with Gasteiger partial charge in [-0.15, -0.1) is 0 Å². The average Bonchev–Trinajstić information content (AvgIpc) is 2.89. The summed E-state index contributed by atoms with van der Waals surface area (Å²) < 4.78 is 5.67. The van der Waals surface area contributed by atoms with Crippen molar-refractivity contribution in [3.05, 3.63) is 0 Å². The molecular weight excluding hydrogens is 238 g/mol. The van der Waals surface area contributed by atoms with E-state index in [1.807, 2.05) is 0 Å². The van der Waals surface area contributed by atoms with Crippen molar-refractivity contribution in [1.29, 1.82) is 0 Å². The number of hydrogen-bond donors (Lipinski definition) is 1. The Bertz CT molecular complexity index is 278. The molecule has 0 amide bonds. The summed E-state index contributed by atoms with van der Waals surface area (Å²) >= 11 is 0. The molecule has 1 N–H and O–H groups in total. The number of esters is 1. The molecule has 2 saturated carbocycles. The molecule has 0 saturated heterocycles. The smallest absolute Gasteiger partial charge is 0.323 e. The van der Waals surface area contributed by atoms with Crippen molar-refractivity contribution in [2.24, 2.45) is 5.92 Å². The van der Waals surface area contributed by atoms with Crippen LogP contribution in [0.3, 0.4) is 0 Å². The SMILES string of the molecule is CC(C)C(NC1CCCCC1)C(=O)OC1CCCC1. The summed E-state index contributed by atoms with van der Waals surface area (Å²) in [6, 6.07) is 0.390. The highest BCUT2D eigenvalue weighted by atomic mass is 16.5. The van der Waals surface area contributed by atoms with Gasteiger partial charge in [-0.2, -0.15) is 0 Å². The van der Waals surface area contributed by atoms with Crippen molar-refractivity contribution in [2.75, 3.05) is 0 Å². The van der Waals surface area contributed by atoms with E-state index in [-0.39, 0.29) is 18.1 Å². The molecule has 110 valence electrons.